The van der Waals surface area contributed by atoms with Gasteiger partial charge in [0.05, 0.1) is 35.0 Å². The number of hydrogen-bond donors (Lipinski definition) is 0. The number of carbonyl (C=O) groups is 1. The molecule has 0 saturated heterocycles. The van der Waals surface area contributed by atoms with Crippen LogP contribution in [0.1, 0.15) is 18.1 Å². The van der Waals surface area contributed by atoms with Crippen molar-refractivity contribution in [1.29, 1.82) is 0 Å². The molecule has 6 nitrogen and oxygen atoms in total. The molecule has 0 aromatic heterocycles. The second-order valence-corrected chi connectivity index (χ2v) is 5.45. The molecule has 0 N–H and O–H groups in total. The van der Waals surface area contributed by atoms with Crippen LogP contribution >= 0.6 is 0 Å². The maximum atomic E-state index is 12.0. The summed E-state index contributed by atoms with van der Waals surface area (Å²) in [5, 5.41) is 0. The van der Waals surface area contributed by atoms with Gasteiger partial charge in [0.1, 0.15) is 0 Å². The topological polar surface area (TPSA) is 63.2 Å². The highest BCUT2D eigenvalue weighted by Crippen LogP contribution is 2.36. The SMILES string of the molecule is CCOc1cc(/C(=C\C(=O)OC)c2ccc(OC)c(OC)c2)ccc1OC. The summed E-state index contributed by atoms with van der Waals surface area (Å²) < 4.78 is 26.5. The number of esters is 1. The molecule has 6 heteroatoms. The lowest BCUT2D eigenvalue weighted by atomic mass is 9.96. The first-order valence-corrected chi connectivity index (χ1v) is 8.41. The van der Waals surface area contributed by atoms with Crippen molar-refractivity contribution in [3.8, 4) is 23.0 Å². The van der Waals surface area contributed by atoms with Crippen LogP contribution in [0.4, 0.5) is 0 Å². The van der Waals surface area contributed by atoms with Gasteiger partial charge in [-0.05, 0) is 47.9 Å². The van der Waals surface area contributed by atoms with Crippen molar-refractivity contribution < 1.29 is 28.5 Å². The normalized spacial score (nSPS) is 10.9. The van der Waals surface area contributed by atoms with Crippen LogP contribution in [-0.4, -0.2) is 41.0 Å². The van der Waals surface area contributed by atoms with E-state index in [1.54, 1.807) is 39.5 Å². The van der Waals surface area contributed by atoms with Crippen LogP contribution < -0.4 is 18.9 Å². The summed E-state index contributed by atoms with van der Waals surface area (Å²) in [6.07, 6.45) is 1.43. The molecule has 0 heterocycles. The molecule has 0 bridgehead atoms. The first kappa shape index (κ1) is 20.2. The molecular formula is C21H24O6. The molecule has 0 saturated carbocycles. The molecule has 0 spiro atoms. The summed E-state index contributed by atoms with van der Waals surface area (Å²) in [5.74, 6) is 1.90. The number of ether oxygens (including phenoxy) is 5. The van der Waals surface area contributed by atoms with Crippen molar-refractivity contribution in [3.63, 3.8) is 0 Å². The first-order valence-electron chi connectivity index (χ1n) is 8.41. The van der Waals surface area contributed by atoms with E-state index in [1.807, 2.05) is 25.1 Å². The molecular weight excluding hydrogens is 348 g/mol. The third-order valence-electron chi connectivity index (χ3n) is 3.93. The predicted molar refractivity (Wildman–Crippen MR) is 103 cm³/mol. The third kappa shape index (κ3) is 4.73. The molecule has 2 aromatic carbocycles. The zero-order valence-corrected chi connectivity index (χ0v) is 16.2. The standard InChI is InChI=1S/C21H24O6/c1-6-27-20-12-15(8-10-18(20)24-3)16(13-21(22)26-5)14-7-9-17(23-2)19(11-14)25-4/h7-13H,6H2,1-5H3/b16-13-. The van der Waals surface area contributed by atoms with E-state index in [4.69, 9.17) is 23.7 Å². The molecule has 0 aliphatic carbocycles. The van der Waals surface area contributed by atoms with E-state index in [0.717, 1.165) is 11.1 Å². The van der Waals surface area contributed by atoms with Crippen LogP contribution in [0.5, 0.6) is 23.0 Å². The van der Waals surface area contributed by atoms with Crippen LogP contribution in [0.25, 0.3) is 5.57 Å². The van der Waals surface area contributed by atoms with Crippen LogP contribution in [0, 0.1) is 0 Å². The van der Waals surface area contributed by atoms with Crippen LogP contribution in [0.15, 0.2) is 42.5 Å². The van der Waals surface area contributed by atoms with Gasteiger partial charge in [-0.3, -0.25) is 0 Å². The molecule has 0 amide bonds. The van der Waals surface area contributed by atoms with Gasteiger partial charge in [0.15, 0.2) is 23.0 Å². The lowest BCUT2D eigenvalue weighted by Gasteiger charge is -2.15. The maximum absolute atomic E-state index is 12.0. The number of benzene rings is 2. The van der Waals surface area contributed by atoms with Crippen molar-refractivity contribution in [3.05, 3.63) is 53.6 Å². The Balaban J connectivity index is 2.61. The molecule has 0 aliphatic rings. The quantitative estimate of drug-likeness (QED) is 0.520. The Morgan fingerprint density at radius 1 is 0.815 bits per heavy atom. The van der Waals surface area contributed by atoms with Gasteiger partial charge >= 0.3 is 5.97 Å². The van der Waals surface area contributed by atoms with Crippen LogP contribution in [-0.2, 0) is 9.53 Å². The van der Waals surface area contributed by atoms with Gasteiger partial charge in [0.2, 0.25) is 0 Å². The van der Waals surface area contributed by atoms with E-state index >= 15 is 0 Å². The fourth-order valence-corrected chi connectivity index (χ4v) is 2.63. The molecule has 0 atom stereocenters. The zero-order valence-electron chi connectivity index (χ0n) is 16.2. The van der Waals surface area contributed by atoms with Crippen molar-refractivity contribution in [2.75, 3.05) is 35.0 Å². The molecule has 2 rings (SSSR count). The monoisotopic (exact) mass is 372 g/mol. The van der Waals surface area contributed by atoms with Gasteiger partial charge in [0, 0.05) is 6.08 Å². The average Bonchev–Trinajstić information content (AvgIpc) is 2.71. The van der Waals surface area contributed by atoms with Crippen molar-refractivity contribution >= 4 is 11.5 Å². The molecule has 27 heavy (non-hydrogen) atoms. The Hall–Kier alpha value is -3.15. The molecule has 0 unspecified atom stereocenters. The predicted octanol–water partition coefficient (Wildman–Crippen LogP) is 3.72. The Morgan fingerprint density at radius 2 is 1.33 bits per heavy atom. The van der Waals surface area contributed by atoms with Crippen molar-refractivity contribution in [1.82, 2.24) is 0 Å². The van der Waals surface area contributed by atoms with Gasteiger partial charge in [0.25, 0.3) is 0 Å². The van der Waals surface area contributed by atoms with E-state index < -0.39 is 5.97 Å². The minimum absolute atomic E-state index is 0.464. The number of methoxy groups -OCH3 is 4. The van der Waals surface area contributed by atoms with E-state index in [9.17, 15) is 4.79 Å². The Bertz CT molecular complexity index is 825. The second kappa shape index (κ2) is 9.52. The molecule has 0 fully saturated rings. The third-order valence-corrected chi connectivity index (χ3v) is 3.93. The summed E-state index contributed by atoms with van der Waals surface area (Å²) in [6, 6.07) is 10.9. The van der Waals surface area contributed by atoms with Gasteiger partial charge in [-0.1, -0.05) is 12.1 Å². The lowest BCUT2D eigenvalue weighted by molar-refractivity contribution is -0.134. The molecule has 2 aromatic rings. The van der Waals surface area contributed by atoms with Gasteiger partial charge < -0.3 is 23.7 Å². The van der Waals surface area contributed by atoms with Gasteiger partial charge in [-0.25, -0.2) is 4.79 Å². The number of hydrogen-bond acceptors (Lipinski definition) is 6. The molecule has 144 valence electrons. The van der Waals surface area contributed by atoms with Crippen LogP contribution in [0.3, 0.4) is 0 Å². The highest BCUT2D eigenvalue weighted by molar-refractivity contribution is 5.96. The molecule has 0 aliphatic heterocycles. The Morgan fingerprint density at radius 3 is 1.81 bits per heavy atom. The van der Waals surface area contributed by atoms with E-state index in [2.05, 4.69) is 0 Å². The summed E-state index contributed by atoms with van der Waals surface area (Å²) in [4.78, 5) is 12.0. The molecule has 0 radical (unpaired) electrons. The average molecular weight is 372 g/mol. The van der Waals surface area contributed by atoms with Gasteiger partial charge in [-0.2, -0.15) is 0 Å². The summed E-state index contributed by atoms with van der Waals surface area (Å²) >= 11 is 0. The highest BCUT2D eigenvalue weighted by Gasteiger charge is 2.14. The van der Waals surface area contributed by atoms with Crippen molar-refractivity contribution in [2.24, 2.45) is 0 Å². The lowest BCUT2D eigenvalue weighted by Crippen LogP contribution is -2.01. The number of carbonyl (C=O) groups excluding carboxylic acids is 1. The van der Waals surface area contributed by atoms with E-state index in [0.29, 0.717) is 35.2 Å². The fourth-order valence-electron chi connectivity index (χ4n) is 2.63. The maximum Gasteiger partial charge on any atom is 0.331 e. The van der Waals surface area contributed by atoms with E-state index in [1.165, 1.54) is 13.2 Å². The Kier molecular flexibility index (Phi) is 7.11. The summed E-state index contributed by atoms with van der Waals surface area (Å²) in [6.45, 7) is 2.39. The largest absolute Gasteiger partial charge is 0.493 e. The minimum Gasteiger partial charge on any atom is -0.493 e. The smallest absolute Gasteiger partial charge is 0.331 e. The summed E-state index contributed by atoms with van der Waals surface area (Å²) in [5.41, 5.74) is 2.20. The minimum atomic E-state index is -0.464. The zero-order chi connectivity index (χ0) is 19.8. The van der Waals surface area contributed by atoms with E-state index in [-0.39, 0.29) is 0 Å². The highest BCUT2D eigenvalue weighted by atomic mass is 16.5. The number of rotatable bonds is 8. The van der Waals surface area contributed by atoms with Crippen LogP contribution in [0.2, 0.25) is 0 Å². The van der Waals surface area contributed by atoms with Crippen molar-refractivity contribution in [2.45, 2.75) is 6.92 Å². The summed E-state index contributed by atoms with van der Waals surface area (Å²) in [7, 11) is 6.05. The Labute approximate surface area is 159 Å². The first-order chi connectivity index (χ1) is 13.1. The fraction of sp³-hybridized carbons (Fsp3) is 0.286. The van der Waals surface area contributed by atoms with Gasteiger partial charge in [-0.15, -0.1) is 0 Å². The second-order valence-electron chi connectivity index (χ2n) is 5.45.